The Morgan fingerprint density at radius 1 is 1.19 bits per heavy atom. The van der Waals surface area contributed by atoms with E-state index in [1.54, 1.807) is 18.2 Å². The van der Waals surface area contributed by atoms with Gasteiger partial charge in [-0.3, -0.25) is 0 Å². The minimum Gasteiger partial charge on any atom is -0.481 e. The van der Waals surface area contributed by atoms with Crippen molar-refractivity contribution < 1.29 is 14.6 Å². The number of hydrogen-bond acceptors (Lipinski definition) is 5. The van der Waals surface area contributed by atoms with Crippen molar-refractivity contribution in [2.75, 3.05) is 6.61 Å². The second-order valence-electron chi connectivity index (χ2n) is 5.31. The Morgan fingerprint density at radius 2 is 1.93 bits per heavy atom. The topological polar surface area (TPSA) is 86.3 Å². The van der Waals surface area contributed by atoms with E-state index in [9.17, 15) is 9.59 Å². The predicted molar refractivity (Wildman–Crippen MR) is 109 cm³/mol. The first-order valence-electron chi connectivity index (χ1n) is 7.61. The zero-order valence-electron chi connectivity index (χ0n) is 13.7. The highest BCUT2D eigenvalue weighted by atomic mass is 79.9. The summed E-state index contributed by atoms with van der Waals surface area (Å²) in [5, 5.41) is 12.8. The van der Waals surface area contributed by atoms with Crippen LogP contribution in [0.5, 0.6) is 5.75 Å². The van der Waals surface area contributed by atoms with Gasteiger partial charge in [0, 0.05) is 9.37 Å². The van der Waals surface area contributed by atoms with Gasteiger partial charge < -0.3 is 9.84 Å². The molecule has 0 aliphatic heterocycles. The van der Waals surface area contributed by atoms with Crippen LogP contribution in [-0.2, 0) is 10.7 Å². The third-order valence-electron chi connectivity index (χ3n) is 3.45. The van der Waals surface area contributed by atoms with Crippen molar-refractivity contribution in [1.82, 2.24) is 14.3 Å². The van der Waals surface area contributed by atoms with Gasteiger partial charge in [-0.15, -0.1) is 11.8 Å². The summed E-state index contributed by atoms with van der Waals surface area (Å²) in [6.45, 7) is -0.409. The SMILES string of the molecule is O=C(O)COc1ccc(SCn2ncn(-c3ccc(Br)cc3)c2=O)cc1Br. The molecule has 0 amide bonds. The van der Waals surface area contributed by atoms with E-state index in [4.69, 9.17) is 9.84 Å². The van der Waals surface area contributed by atoms with Gasteiger partial charge in [0.25, 0.3) is 0 Å². The Bertz CT molecular complexity index is 1020. The molecule has 140 valence electrons. The van der Waals surface area contributed by atoms with Gasteiger partial charge in [-0.1, -0.05) is 15.9 Å². The van der Waals surface area contributed by atoms with Crippen molar-refractivity contribution in [3.8, 4) is 11.4 Å². The molecule has 0 aliphatic rings. The average Bonchev–Trinajstić information content (AvgIpc) is 3.00. The minimum atomic E-state index is -1.04. The molecule has 0 saturated heterocycles. The molecule has 0 saturated carbocycles. The molecule has 1 heterocycles. The van der Waals surface area contributed by atoms with Gasteiger partial charge in [-0.2, -0.15) is 5.10 Å². The van der Waals surface area contributed by atoms with Gasteiger partial charge in [-0.05, 0) is 58.4 Å². The van der Waals surface area contributed by atoms with Crippen LogP contribution in [0.3, 0.4) is 0 Å². The Labute approximate surface area is 175 Å². The first-order chi connectivity index (χ1) is 12.9. The molecule has 0 radical (unpaired) electrons. The highest BCUT2D eigenvalue weighted by Gasteiger charge is 2.09. The highest BCUT2D eigenvalue weighted by Crippen LogP contribution is 2.30. The number of ether oxygens (including phenoxy) is 1. The first-order valence-corrected chi connectivity index (χ1v) is 10.2. The van der Waals surface area contributed by atoms with Crippen LogP contribution in [0.4, 0.5) is 0 Å². The van der Waals surface area contributed by atoms with Crippen molar-refractivity contribution in [3.63, 3.8) is 0 Å². The fourth-order valence-electron chi connectivity index (χ4n) is 2.17. The first kappa shape index (κ1) is 19.7. The number of nitrogens with zero attached hydrogens (tertiary/aromatic N) is 3. The van der Waals surface area contributed by atoms with Crippen molar-refractivity contribution in [1.29, 1.82) is 0 Å². The van der Waals surface area contributed by atoms with Crippen molar-refractivity contribution in [2.24, 2.45) is 0 Å². The van der Waals surface area contributed by atoms with E-state index < -0.39 is 12.6 Å². The summed E-state index contributed by atoms with van der Waals surface area (Å²) in [6, 6.07) is 12.7. The molecule has 0 unspecified atom stereocenters. The van der Waals surface area contributed by atoms with E-state index in [1.165, 1.54) is 27.3 Å². The molecule has 3 aromatic rings. The standard InChI is InChI=1S/C17H13Br2N3O4S/c18-11-1-3-12(4-2-11)21-9-20-22(17(21)25)10-27-13-5-6-15(14(19)7-13)26-8-16(23)24/h1-7,9H,8,10H2,(H,23,24). The van der Waals surface area contributed by atoms with Gasteiger partial charge in [-0.25, -0.2) is 18.8 Å². The van der Waals surface area contributed by atoms with Gasteiger partial charge in [0.05, 0.1) is 16.0 Å². The maximum Gasteiger partial charge on any atom is 0.351 e. The van der Waals surface area contributed by atoms with Crippen LogP contribution in [0.25, 0.3) is 5.69 Å². The molecule has 0 fully saturated rings. The molecule has 3 rings (SSSR count). The van der Waals surface area contributed by atoms with Crippen LogP contribution in [0.1, 0.15) is 0 Å². The summed E-state index contributed by atoms with van der Waals surface area (Å²) >= 11 is 8.15. The number of carboxylic acid groups (broad SMARTS) is 1. The summed E-state index contributed by atoms with van der Waals surface area (Å²) < 4.78 is 9.59. The van der Waals surface area contributed by atoms with Crippen LogP contribution in [0, 0.1) is 0 Å². The molecular formula is C17H13Br2N3O4S. The van der Waals surface area contributed by atoms with Crippen molar-refractivity contribution >= 4 is 49.6 Å². The summed E-state index contributed by atoms with van der Waals surface area (Å²) in [4.78, 5) is 24.0. The van der Waals surface area contributed by atoms with E-state index in [1.807, 2.05) is 24.3 Å². The van der Waals surface area contributed by atoms with Crippen molar-refractivity contribution in [2.45, 2.75) is 10.8 Å². The molecule has 27 heavy (non-hydrogen) atoms. The fourth-order valence-corrected chi connectivity index (χ4v) is 3.89. The van der Waals surface area contributed by atoms with Crippen molar-refractivity contribution in [3.05, 3.63) is 68.2 Å². The third kappa shape index (κ3) is 5.02. The number of carboxylic acids is 1. The number of thioether (sulfide) groups is 1. The molecule has 10 heteroatoms. The normalized spacial score (nSPS) is 10.7. The number of hydrogen-bond donors (Lipinski definition) is 1. The zero-order chi connectivity index (χ0) is 19.4. The molecule has 0 bridgehead atoms. The lowest BCUT2D eigenvalue weighted by Gasteiger charge is -2.08. The molecular weight excluding hydrogens is 502 g/mol. The summed E-state index contributed by atoms with van der Waals surface area (Å²) in [7, 11) is 0. The summed E-state index contributed by atoms with van der Waals surface area (Å²) in [5.41, 5.74) is 0.507. The van der Waals surface area contributed by atoms with E-state index >= 15 is 0 Å². The molecule has 2 aromatic carbocycles. The van der Waals surface area contributed by atoms with E-state index in [-0.39, 0.29) is 5.69 Å². The number of aromatic nitrogens is 3. The molecule has 0 aliphatic carbocycles. The van der Waals surface area contributed by atoms with Gasteiger partial charge in [0.1, 0.15) is 12.1 Å². The van der Waals surface area contributed by atoms with Crippen LogP contribution < -0.4 is 10.4 Å². The molecule has 1 N–H and O–H groups in total. The monoisotopic (exact) mass is 513 g/mol. The largest absolute Gasteiger partial charge is 0.481 e. The second kappa shape index (κ2) is 8.77. The summed E-state index contributed by atoms with van der Waals surface area (Å²) in [6.07, 6.45) is 1.49. The summed E-state index contributed by atoms with van der Waals surface area (Å²) in [5.74, 6) is -0.260. The molecule has 1 aromatic heterocycles. The zero-order valence-corrected chi connectivity index (χ0v) is 17.7. The fraction of sp³-hybridized carbons (Fsp3) is 0.118. The molecule has 7 nitrogen and oxygen atoms in total. The quantitative estimate of drug-likeness (QED) is 0.483. The van der Waals surface area contributed by atoms with Gasteiger partial charge in [0.2, 0.25) is 0 Å². The number of carbonyl (C=O) groups is 1. The predicted octanol–water partition coefficient (Wildman–Crippen LogP) is 3.77. The number of aliphatic carboxylic acids is 1. The number of halogens is 2. The number of benzene rings is 2. The molecule has 0 spiro atoms. The van der Waals surface area contributed by atoms with E-state index in [0.29, 0.717) is 16.1 Å². The maximum atomic E-state index is 12.5. The lowest BCUT2D eigenvalue weighted by atomic mass is 10.3. The smallest absolute Gasteiger partial charge is 0.351 e. The van der Waals surface area contributed by atoms with Gasteiger partial charge >= 0.3 is 11.7 Å². The Balaban J connectivity index is 1.68. The highest BCUT2D eigenvalue weighted by molar-refractivity contribution is 9.10. The van der Waals surface area contributed by atoms with Crippen LogP contribution in [-0.4, -0.2) is 32.0 Å². The van der Waals surface area contributed by atoms with Crippen LogP contribution >= 0.6 is 43.6 Å². The second-order valence-corrected chi connectivity index (χ2v) is 8.10. The van der Waals surface area contributed by atoms with E-state index in [2.05, 4.69) is 37.0 Å². The lowest BCUT2D eigenvalue weighted by Crippen LogP contribution is -2.23. The molecule has 0 atom stereocenters. The maximum absolute atomic E-state index is 12.5. The average molecular weight is 515 g/mol. The number of rotatable bonds is 7. The Kier molecular flexibility index (Phi) is 6.40. The van der Waals surface area contributed by atoms with Crippen LogP contribution in [0.15, 0.2) is 67.4 Å². The lowest BCUT2D eigenvalue weighted by molar-refractivity contribution is -0.139. The van der Waals surface area contributed by atoms with Crippen LogP contribution in [0.2, 0.25) is 0 Å². The van der Waals surface area contributed by atoms with E-state index in [0.717, 1.165) is 15.1 Å². The Morgan fingerprint density at radius 3 is 2.59 bits per heavy atom. The third-order valence-corrected chi connectivity index (χ3v) is 5.56. The Hall–Kier alpha value is -2.04. The van der Waals surface area contributed by atoms with Gasteiger partial charge in [0.15, 0.2) is 6.61 Å². The minimum absolute atomic E-state index is 0.231.